The van der Waals surface area contributed by atoms with Crippen LogP contribution in [0.25, 0.3) is 11.3 Å². The molecule has 23 heavy (non-hydrogen) atoms. The van der Waals surface area contributed by atoms with Gasteiger partial charge < -0.3 is 5.32 Å². The van der Waals surface area contributed by atoms with Crippen molar-refractivity contribution in [1.29, 1.82) is 0 Å². The van der Waals surface area contributed by atoms with Gasteiger partial charge >= 0.3 is 0 Å². The van der Waals surface area contributed by atoms with E-state index in [2.05, 4.69) is 26.2 Å². The molecular formula is C17H12BrClN2OS. The van der Waals surface area contributed by atoms with Gasteiger partial charge in [0.05, 0.1) is 21.3 Å². The fourth-order valence-corrected chi connectivity index (χ4v) is 3.47. The van der Waals surface area contributed by atoms with Crippen LogP contribution in [0.5, 0.6) is 0 Å². The minimum Gasteiger partial charge on any atom is -0.322 e. The van der Waals surface area contributed by atoms with Gasteiger partial charge in [-0.1, -0.05) is 39.7 Å². The summed E-state index contributed by atoms with van der Waals surface area (Å²) in [4.78, 5) is 16.7. The number of aryl methyl sites for hydroxylation is 1. The topological polar surface area (TPSA) is 42.0 Å². The van der Waals surface area contributed by atoms with Gasteiger partial charge in [0, 0.05) is 21.1 Å². The van der Waals surface area contributed by atoms with Crippen LogP contribution in [0.2, 0.25) is 5.02 Å². The third-order valence-corrected chi connectivity index (χ3v) is 4.81. The summed E-state index contributed by atoms with van der Waals surface area (Å²) in [6, 6.07) is 12.8. The highest BCUT2D eigenvalue weighted by molar-refractivity contribution is 9.10. The number of hydrogen-bond acceptors (Lipinski definition) is 3. The average molecular weight is 408 g/mol. The van der Waals surface area contributed by atoms with Crippen molar-refractivity contribution in [2.45, 2.75) is 6.92 Å². The summed E-state index contributed by atoms with van der Waals surface area (Å²) in [5, 5.41) is 6.30. The van der Waals surface area contributed by atoms with E-state index in [1.807, 2.05) is 36.6 Å². The summed E-state index contributed by atoms with van der Waals surface area (Å²) in [5.74, 6) is -0.236. The Labute approximate surface area is 151 Å². The number of carbonyl (C=O) groups excluding carboxylic acids is 1. The van der Waals surface area contributed by atoms with Gasteiger partial charge in [0.2, 0.25) is 0 Å². The van der Waals surface area contributed by atoms with E-state index >= 15 is 0 Å². The van der Waals surface area contributed by atoms with E-state index in [1.54, 1.807) is 29.5 Å². The van der Waals surface area contributed by atoms with Gasteiger partial charge in [-0.3, -0.25) is 4.79 Å². The summed E-state index contributed by atoms with van der Waals surface area (Å²) in [7, 11) is 0. The molecule has 0 atom stereocenters. The second-order valence-electron chi connectivity index (χ2n) is 4.91. The number of amides is 1. The quantitative estimate of drug-likeness (QED) is 0.597. The molecule has 3 nitrogen and oxygen atoms in total. The van der Waals surface area contributed by atoms with Gasteiger partial charge in [0.25, 0.3) is 5.91 Å². The van der Waals surface area contributed by atoms with Crippen molar-refractivity contribution in [2.75, 3.05) is 5.32 Å². The average Bonchev–Trinajstić information content (AvgIpc) is 2.94. The standard InChI is InChI=1S/C17H12BrClN2OS/c1-10-20-16(9-23-10)11-2-5-13(6-3-11)21-17(22)14-7-4-12(18)8-15(14)19/h2-9H,1H3,(H,21,22). The van der Waals surface area contributed by atoms with Crippen molar-refractivity contribution in [3.8, 4) is 11.3 Å². The highest BCUT2D eigenvalue weighted by atomic mass is 79.9. The van der Waals surface area contributed by atoms with Gasteiger partial charge in [-0.05, 0) is 37.3 Å². The molecule has 2 aromatic carbocycles. The SMILES string of the molecule is Cc1nc(-c2ccc(NC(=O)c3ccc(Br)cc3Cl)cc2)cs1. The van der Waals surface area contributed by atoms with Crippen LogP contribution in [0.1, 0.15) is 15.4 Å². The van der Waals surface area contributed by atoms with Crippen LogP contribution in [0, 0.1) is 6.92 Å². The predicted molar refractivity (Wildman–Crippen MR) is 99.4 cm³/mol. The van der Waals surface area contributed by atoms with Crippen molar-refractivity contribution in [2.24, 2.45) is 0 Å². The maximum absolute atomic E-state index is 12.3. The molecule has 0 spiro atoms. The van der Waals surface area contributed by atoms with Crippen molar-refractivity contribution < 1.29 is 4.79 Å². The first-order valence-electron chi connectivity index (χ1n) is 6.82. The summed E-state index contributed by atoms with van der Waals surface area (Å²) in [5.41, 5.74) is 3.12. The summed E-state index contributed by atoms with van der Waals surface area (Å²) >= 11 is 11.0. The third kappa shape index (κ3) is 3.80. The Morgan fingerprint density at radius 1 is 1.22 bits per heavy atom. The summed E-state index contributed by atoms with van der Waals surface area (Å²) < 4.78 is 0.835. The molecule has 0 fully saturated rings. The smallest absolute Gasteiger partial charge is 0.257 e. The second kappa shape index (κ2) is 6.83. The Morgan fingerprint density at radius 3 is 2.57 bits per heavy atom. The molecule has 3 rings (SSSR count). The van der Waals surface area contributed by atoms with Crippen LogP contribution < -0.4 is 5.32 Å². The van der Waals surface area contributed by atoms with Crippen molar-refractivity contribution in [3.63, 3.8) is 0 Å². The van der Waals surface area contributed by atoms with E-state index in [-0.39, 0.29) is 5.91 Å². The lowest BCUT2D eigenvalue weighted by atomic mass is 10.1. The molecule has 1 N–H and O–H groups in total. The third-order valence-electron chi connectivity index (χ3n) is 3.23. The van der Waals surface area contributed by atoms with Gasteiger partial charge in [-0.25, -0.2) is 4.98 Å². The number of halogens is 2. The molecule has 0 radical (unpaired) electrons. The van der Waals surface area contributed by atoms with Gasteiger partial charge in [0.15, 0.2) is 0 Å². The number of nitrogens with zero attached hydrogens (tertiary/aromatic N) is 1. The van der Waals surface area contributed by atoms with Gasteiger partial charge in [0.1, 0.15) is 0 Å². The molecule has 0 unspecified atom stereocenters. The minimum absolute atomic E-state index is 0.236. The van der Waals surface area contributed by atoms with E-state index < -0.39 is 0 Å². The maximum Gasteiger partial charge on any atom is 0.257 e. The number of benzene rings is 2. The first-order valence-corrected chi connectivity index (χ1v) is 8.87. The molecule has 0 aliphatic carbocycles. The minimum atomic E-state index is -0.236. The zero-order valence-corrected chi connectivity index (χ0v) is 15.3. The van der Waals surface area contributed by atoms with E-state index in [9.17, 15) is 4.79 Å². The van der Waals surface area contributed by atoms with E-state index in [4.69, 9.17) is 11.6 Å². The zero-order chi connectivity index (χ0) is 16.4. The summed E-state index contributed by atoms with van der Waals surface area (Å²) in [6.07, 6.45) is 0. The number of nitrogens with one attached hydrogen (secondary N) is 1. The molecular weight excluding hydrogens is 396 g/mol. The van der Waals surface area contributed by atoms with Crippen LogP contribution in [0.4, 0.5) is 5.69 Å². The van der Waals surface area contributed by atoms with Crippen LogP contribution in [-0.4, -0.2) is 10.9 Å². The first kappa shape index (κ1) is 16.2. The number of rotatable bonds is 3. The molecule has 0 saturated carbocycles. The van der Waals surface area contributed by atoms with Gasteiger partial charge in [-0.2, -0.15) is 0 Å². The number of aromatic nitrogens is 1. The Bertz CT molecular complexity index is 861. The van der Waals surface area contributed by atoms with Crippen LogP contribution >= 0.6 is 38.9 Å². The molecule has 0 aliphatic rings. The number of hydrogen-bond donors (Lipinski definition) is 1. The molecule has 6 heteroatoms. The van der Waals surface area contributed by atoms with E-state index in [0.717, 1.165) is 20.7 Å². The highest BCUT2D eigenvalue weighted by Gasteiger charge is 2.11. The largest absolute Gasteiger partial charge is 0.322 e. The number of carbonyl (C=O) groups is 1. The fraction of sp³-hybridized carbons (Fsp3) is 0.0588. The Balaban J connectivity index is 1.76. The number of anilines is 1. The lowest BCUT2D eigenvalue weighted by Gasteiger charge is -2.07. The van der Waals surface area contributed by atoms with Crippen molar-refractivity contribution >= 4 is 50.5 Å². The molecule has 3 aromatic rings. The molecule has 1 amide bonds. The lowest BCUT2D eigenvalue weighted by molar-refractivity contribution is 0.102. The maximum atomic E-state index is 12.3. The predicted octanol–water partition coefficient (Wildman–Crippen LogP) is 5.79. The monoisotopic (exact) mass is 406 g/mol. The van der Waals surface area contributed by atoms with Crippen molar-refractivity contribution in [1.82, 2.24) is 4.98 Å². The second-order valence-corrected chi connectivity index (χ2v) is 7.29. The van der Waals surface area contributed by atoms with Crippen LogP contribution in [0.3, 0.4) is 0 Å². The Hall–Kier alpha value is -1.69. The number of thiazole rings is 1. The van der Waals surface area contributed by atoms with Crippen LogP contribution in [0.15, 0.2) is 52.3 Å². The summed E-state index contributed by atoms with van der Waals surface area (Å²) in [6.45, 7) is 1.98. The highest BCUT2D eigenvalue weighted by Crippen LogP contribution is 2.25. The molecule has 1 aromatic heterocycles. The molecule has 0 bridgehead atoms. The van der Waals surface area contributed by atoms with Crippen LogP contribution in [-0.2, 0) is 0 Å². The molecule has 0 saturated heterocycles. The molecule has 1 heterocycles. The lowest BCUT2D eigenvalue weighted by Crippen LogP contribution is -2.12. The fourth-order valence-electron chi connectivity index (χ4n) is 2.09. The normalized spacial score (nSPS) is 10.6. The van der Waals surface area contributed by atoms with Gasteiger partial charge in [-0.15, -0.1) is 11.3 Å². The van der Waals surface area contributed by atoms with Crippen molar-refractivity contribution in [3.05, 3.63) is 67.9 Å². The molecule has 0 aliphatic heterocycles. The van der Waals surface area contributed by atoms with E-state index in [1.165, 1.54) is 0 Å². The Kier molecular flexibility index (Phi) is 4.80. The zero-order valence-electron chi connectivity index (χ0n) is 12.1. The first-order chi connectivity index (χ1) is 11.0. The molecule has 116 valence electrons. The Morgan fingerprint density at radius 2 is 1.96 bits per heavy atom. The van der Waals surface area contributed by atoms with E-state index in [0.29, 0.717) is 16.3 Å².